The highest BCUT2D eigenvalue weighted by molar-refractivity contribution is 7.20. The van der Waals surface area contributed by atoms with Crippen molar-refractivity contribution in [1.82, 2.24) is 9.97 Å². The summed E-state index contributed by atoms with van der Waals surface area (Å²) >= 11 is 1.25. The van der Waals surface area contributed by atoms with Gasteiger partial charge in [0.05, 0.1) is 0 Å². The van der Waals surface area contributed by atoms with Crippen molar-refractivity contribution in [1.29, 1.82) is 0 Å². The number of carboxylic acids is 1. The lowest BCUT2D eigenvalue weighted by Crippen LogP contribution is -1.89. The van der Waals surface area contributed by atoms with Gasteiger partial charge in [-0.3, -0.25) is 4.98 Å². The Bertz CT molecular complexity index is 653. The topological polar surface area (TPSA) is 66.0 Å². The van der Waals surface area contributed by atoms with Gasteiger partial charge in [-0.1, -0.05) is 0 Å². The van der Waals surface area contributed by atoms with Crippen molar-refractivity contribution in [3.05, 3.63) is 41.5 Å². The van der Waals surface area contributed by atoms with Crippen LogP contribution in [0.15, 0.2) is 36.7 Å². The third-order valence-electron chi connectivity index (χ3n) is 2.49. The zero-order valence-electron chi connectivity index (χ0n) is 8.68. The van der Waals surface area contributed by atoms with E-state index in [-0.39, 0.29) is 0 Å². The molecular weight excluding hydrogens is 236 g/mol. The number of nitrogens with zero attached hydrogens (tertiary/aromatic N) is 1. The van der Waals surface area contributed by atoms with Crippen molar-refractivity contribution in [2.75, 3.05) is 0 Å². The molecule has 0 atom stereocenters. The van der Waals surface area contributed by atoms with E-state index in [1.54, 1.807) is 18.5 Å². The number of pyridine rings is 1. The molecule has 84 valence electrons. The van der Waals surface area contributed by atoms with E-state index in [4.69, 9.17) is 5.11 Å². The van der Waals surface area contributed by atoms with Crippen molar-refractivity contribution in [3.63, 3.8) is 0 Å². The summed E-state index contributed by atoms with van der Waals surface area (Å²) in [6.07, 6.45) is 3.49. The molecule has 17 heavy (non-hydrogen) atoms. The summed E-state index contributed by atoms with van der Waals surface area (Å²) in [6.45, 7) is 0. The first-order valence-electron chi connectivity index (χ1n) is 5.00. The van der Waals surface area contributed by atoms with E-state index >= 15 is 0 Å². The summed E-state index contributed by atoms with van der Waals surface area (Å²) in [5.74, 6) is -0.887. The van der Waals surface area contributed by atoms with Gasteiger partial charge in [0, 0.05) is 29.0 Å². The summed E-state index contributed by atoms with van der Waals surface area (Å²) < 4.78 is 0. The number of nitrogens with one attached hydrogen (secondary N) is 1. The number of aromatic amines is 1. The largest absolute Gasteiger partial charge is 0.477 e. The summed E-state index contributed by atoms with van der Waals surface area (Å²) in [6, 6.07) is 7.45. The number of H-pyrrole nitrogens is 1. The molecule has 0 saturated heterocycles. The fourth-order valence-electron chi connectivity index (χ4n) is 1.71. The summed E-state index contributed by atoms with van der Waals surface area (Å²) in [5, 5.41) is 9.80. The van der Waals surface area contributed by atoms with Crippen LogP contribution in [0.5, 0.6) is 0 Å². The molecule has 0 aliphatic rings. The molecule has 0 aliphatic carbocycles. The van der Waals surface area contributed by atoms with Gasteiger partial charge in [0.1, 0.15) is 9.71 Å². The Labute approximate surface area is 101 Å². The first kappa shape index (κ1) is 10.0. The van der Waals surface area contributed by atoms with Crippen LogP contribution in [0, 0.1) is 0 Å². The fourth-order valence-corrected chi connectivity index (χ4v) is 2.60. The molecule has 3 heterocycles. The summed E-state index contributed by atoms with van der Waals surface area (Å²) in [7, 11) is 0. The Balaban J connectivity index is 2.10. The van der Waals surface area contributed by atoms with E-state index in [9.17, 15) is 4.79 Å². The van der Waals surface area contributed by atoms with Crippen LogP contribution in [0.2, 0.25) is 0 Å². The third kappa shape index (κ3) is 1.70. The van der Waals surface area contributed by atoms with E-state index in [0.29, 0.717) is 4.88 Å². The van der Waals surface area contributed by atoms with Crippen molar-refractivity contribution in [2.45, 2.75) is 0 Å². The van der Waals surface area contributed by atoms with Gasteiger partial charge in [-0.25, -0.2) is 4.79 Å². The van der Waals surface area contributed by atoms with Crippen LogP contribution >= 0.6 is 11.3 Å². The van der Waals surface area contributed by atoms with E-state index in [1.807, 2.05) is 18.2 Å². The van der Waals surface area contributed by atoms with E-state index in [0.717, 1.165) is 21.5 Å². The molecule has 0 fully saturated rings. The minimum absolute atomic E-state index is 0.351. The lowest BCUT2D eigenvalue weighted by molar-refractivity contribution is 0.0702. The first-order chi connectivity index (χ1) is 8.24. The van der Waals surface area contributed by atoms with E-state index in [1.165, 1.54) is 11.3 Å². The van der Waals surface area contributed by atoms with Crippen molar-refractivity contribution in [3.8, 4) is 11.3 Å². The normalized spacial score (nSPS) is 10.8. The van der Waals surface area contributed by atoms with E-state index in [2.05, 4.69) is 9.97 Å². The fraction of sp³-hybridized carbons (Fsp3) is 0. The molecule has 3 aromatic rings. The van der Waals surface area contributed by atoms with Crippen molar-refractivity contribution < 1.29 is 9.90 Å². The highest BCUT2D eigenvalue weighted by atomic mass is 32.1. The van der Waals surface area contributed by atoms with Gasteiger partial charge in [-0.05, 0) is 24.3 Å². The van der Waals surface area contributed by atoms with Gasteiger partial charge >= 0.3 is 5.97 Å². The van der Waals surface area contributed by atoms with Crippen molar-refractivity contribution >= 4 is 27.5 Å². The van der Waals surface area contributed by atoms with Gasteiger partial charge in [-0.15, -0.1) is 11.3 Å². The smallest absolute Gasteiger partial charge is 0.345 e. The summed E-state index contributed by atoms with van der Waals surface area (Å²) in [4.78, 5) is 19.3. The minimum atomic E-state index is -0.887. The van der Waals surface area contributed by atoms with Crippen LogP contribution in [0.3, 0.4) is 0 Å². The number of aromatic nitrogens is 2. The Morgan fingerprint density at radius 1 is 1.41 bits per heavy atom. The maximum atomic E-state index is 10.8. The lowest BCUT2D eigenvalue weighted by atomic mass is 10.2. The van der Waals surface area contributed by atoms with Crippen LogP contribution in [0.4, 0.5) is 0 Å². The van der Waals surface area contributed by atoms with Gasteiger partial charge in [0.2, 0.25) is 0 Å². The maximum absolute atomic E-state index is 10.8. The average molecular weight is 244 g/mol. The molecule has 4 nitrogen and oxygen atoms in total. The second kappa shape index (κ2) is 3.71. The van der Waals surface area contributed by atoms with Crippen molar-refractivity contribution in [2.24, 2.45) is 0 Å². The SMILES string of the molecule is O=C(O)c1cc2cc(-c3cccnc3)[nH]c2s1. The molecule has 0 saturated carbocycles. The Hall–Kier alpha value is -2.14. The van der Waals surface area contributed by atoms with Crippen LogP contribution in [-0.4, -0.2) is 21.0 Å². The molecule has 0 bridgehead atoms. The highest BCUT2D eigenvalue weighted by Crippen LogP contribution is 2.29. The second-order valence-electron chi connectivity index (χ2n) is 3.62. The van der Waals surface area contributed by atoms with Gasteiger partial charge in [0.15, 0.2) is 0 Å². The standard InChI is InChI=1S/C12H8N2O2S/c15-12(16)10-5-8-4-9(14-11(8)17-10)7-2-1-3-13-6-7/h1-6,14H,(H,15,16). The van der Waals surface area contributed by atoms with Crippen LogP contribution in [0.25, 0.3) is 21.5 Å². The molecule has 0 radical (unpaired) electrons. The molecule has 3 aromatic heterocycles. The lowest BCUT2D eigenvalue weighted by Gasteiger charge is -1.94. The van der Waals surface area contributed by atoms with E-state index < -0.39 is 5.97 Å². The number of carbonyl (C=O) groups is 1. The number of hydrogen-bond acceptors (Lipinski definition) is 3. The number of carboxylic acid groups (broad SMARTS) is 1. The quantitative estimate of drug-likeness (QED) is 0.728. The predicted molar refractivity (Wildman–Crippen MR) is 66.4 cm³/mol. The molecule has 0 unspecified atom stereocenters. The average Bonchev–Trinajstić information content (AvgIpc) is 2.87. The highest BCUT2D eigenvalue weighted by Gasteiger charge is 2.11. The Morgan fingerprint density at radius 2 is 2.29 bits per heavy atom. The van der Waals surface area contributed by atoms with Gasteiger partial charge in [-0.2, -0.15) is 0 Å². The molecular formula is C12H8N2O2S. The molecule has 5 heteroatoms. The molecule has 0 aromatic carbocycles. The van der Waals surface area contributed by atoms with Gasteiger partial charge in [0.25, 0.3) is 0 Å². The number of thiophene rings is 1. The Kier molecular flexibility index (Phi) is 2.19. The zero-order valence-corrected chi connectivity index (χ0v) is 9.49. The second-order valence-corrected chi connectivity index (χ2v) is 4.68. The predicted octanol–water partition coefficient (Wildman–Crippen LogP) is 2.99. The van der Waals surface area contributed by atoms with Crippen LogP contribution in [-0.2, 0) is 0 Å². The number of aromatic carboxylic acids is 1. The molecule has 3 rings (SSSR count). The third-order valence-corrected chi connectivity index (χ3v) is 3.55. The maximum Gasteiger partial charge on any atom is 0.345 e. The molecule has 0 aliphatic heterocycles. The molecule has 0 spiro atoms. The minimum Gasteiger partial charge on any atom is -0.477 e. The van der Waals surface area contributed by atoms with Crippen LogP contribution < -0.4 is 0 Å². The molecule has 0 amide bonds. The zero-order chi connectivity index (χ0) is 11.8. The van der Waals surface area contributed by atoms with Gasteiger partial charge < -0.3 is 10.1 Å². The molecule has 2 N–H and O–H groups in total. The summed E-state index contributed by atoms with van der Waals surface area (Å²) in [5.41, 5.74) is 1.95. The number of hydrogen-bond donors (Lipinski definition) is 2. The Morgan fingerprint density at radius 3 is 2.94 bits per heavy atom. The monoisotopic (exact) mass is 244 g/mol. The number of rotatable bonds is 2. The first-order valence-corrected chi connectivity index (χ1v) is 5.82. The number of fused-ring (bicyclic) bond motifs is 1. The van der Waals surface area contributed by atoms with Crippen LogP contribution in [0.1, 0.15) is 9.67 Å².